The van der Waals surface area contributed by atoms with Gasteiger partial charge >= 0.3 is 11.9 Å². The van der Waals surface area contributed by atoms with Crippen molar-refractivity contribution in [3.63, 3.8) is 0 Å². The first-order valence-corrected chi connectivity index (χ1v) is 9.55. The number of amides is 1. The van der Waals surface area contributed by atoms with Crippen molar-refractivity contribution in [2.75, 3.05) is 6.54 Å². The summed E-state index contributed by atoms with van der Waals surface area (Å²) in [5.41, 5.74) is 5.90. The van der Waals surface area contributed by atoms with Crippen molar-refractivity contribution in [2.24, 2.45) is 11.7 Å². The number of hydrogen-bond acceptors (Lipinski definition) is 6. The van der Waals surface area contributed by atoms with Gasteiger partial charge in [-0.05, 0) is 49.2 Å². The number of nitrogens with zero attached hydrogens (tertiary/aromatic N) is 1. The number of ether oxygens (including phenoxy) is 1. The van der Waals surface area contributed by atoms with Crippen molar-refractivity contribution in [3.8, 4) is 5.75 Å². The van der Waals surface area contributed by atoms with Crippen LogP contribution in [0.2, 0.25) is 0 Å². The minimum absolute atomic E-state index is 0.00937. The van der Waals surface area contributed by atoms with Crippen LogP contribution >= 0.6 is 0 Å². The Kier molecular flexibility index (Phi) is 6.20. The third kappa shape index (κ3) is 4.68. The summed E-state index contributed by atoms with van der Waals surface area (Å²) in [7, 11) is 0. The fourth-order valence-electron chi connectivity index (χ4n) is 3.42. The smallest absolute Gasteiger partial charge is 0.379 e. The van der Waals surface area contributed by atoms with Crippen LogP contribution in [-0.2, 0) is 16.0 Å². The highest BCUT2D eigenvalue weighted by atomic mass is 16.5. The van der Waals surface area contributed by atoms with Crippen molar-refractivity contribution >= 4 is 23.7 Å². The topological polar surface area (TPSA) is 147 Å². The molecule has 1 saturated heterocycles. The van der Waals surface area contributed by atoms with E-state index in [1.54, 1.807) is 25.1 Å². The molecule has 1 aliphatic rings. The number of carbonyl (C=O) groups excluding carboxylic acids is 2. The third-order valence-corrected chi connectivity index (χ3v) is 4.99. The molecule has 1 unspecified atom stereocenters. The summed E-state index contributed by atoms with van der Waals surface area (Å²) in [6.45, 7) is 2.13. The van der Waals surface area contributed by atoms with Gasteiger partial charge in [-0.3, -0.25) is 10.2 Å². The first kappa shape index (κ1) is 21.1. The van der Waals surface area contributed by atoms with E-state index in [1.165, 1.54) is 23.1 Å². The largest absolute Gasteiger partial charge is 0.480 e. The molecular formula is C21H23N3O6. The molecule has 0 saturated carbocycles. The van der Waals surface area contributed by atoms with Crippen LogP contribution in [0.4, 0.5) is 0 Å². The van der Waals surface area contributed by atoms with E-state index in [1.807, 2.05) is 0 Å². The molecule has 0 bridgehead atoms. The highest BCUT2D eigenvalue weighted by Crippen LogP contribution is 2.23. The minimum Gasteiger partial charge on any atom is -0.480 e. The van der Waals surface area contributed by atoms with Crippen molar-refractivity contribution in [1.82, 2.24) is 4.90 Å². The van der Waals surface area contributed by atoms with Crippen molar-refractivity contribution < 1.29 is 28.6 Å². The Labute approximate surface area is 172 Å². The molecular weight excluding hydrogens is 390 g/mol. The Hall–Kier alpha value is -3.62. The second kappa shape index (κ2) is 8.81. The molecule has 2 aromatic rings. The summed E-state index contributed by atoms with van der Waals surface area (Å²) < 4.78 is 10.8. The zero-order valence-electron chi connectivity index (χ0n) is 16.5. The van der Waals surface area contributed by atoms with Gasteiger partial charge in [-0.2, -0.15) is 0 Å². The SMILES string of the molecule is CC(Cc1ccc(C(=O)Oc2ccc(C(=N)N)cc2)o1)C(=O)N1CCC[C@@H]1C(=O)O. The number of nitrogens with two attached hydrogens (primary N) is 1. The molecule has 3 rings (SSSR count). The first-order chi connectivity index (χ1) is 14.3. The molecule has 2 atom stereocenters. The van der Waals surface area contributed by atoms with Gasteiger partial charge in [-0.25, -0.2) is 9.59 Å². The fraction of sp³-hybridized carbons (Fsp3) is 0.333. The van der Waals surface area contributed by atoms with Crippen LogP contribution in [-0.4, -0.2) is 46.3 Å². The molecule has 1 fully saturated rings. The molecule has 1 amide bonds. The Morgan fingerprint density at radius 3 is 2.60 bits per heavy atom. The van der Waals surface area contributed by atoms with E-state index in [0.717, 1.165) is 0 Å². The monoisotopic (exact) mass is 413 g/mol. The predicted molar refractivity (Wildman–Crippen MR) is 106 cm³/mol. The quantitative estimate of drug-likeness (QED) is 0.272. The second-order valence-electron chi connectivity index (χ2n) is 7.23. The van der Waals surface area contributed by atoms with Gasteiger partial charge < -0.3 is 24.9 Å². The number of likely N-dealkylation sites (tertiary alicyclic amines) is 1. The van der Waals surface area contributed by atoms with Gasteiger partial charge in [0, 0.05) is 24.4 Å². The van der Waals surface area contributed by atoms with E-state index in [4.69, 9.17) is 20.3 Å². The maximum Gasteiger partial charge on any atom is 0.379 e. The van der Waals surface area contributed by atoms with Gasteiger partial charge in [0.15, 0.2) is 0 Å². The molecule has 2 heterocycles. The number of furan rings is 1. The molecule has 1 aliphatic heterocycles. The van der Waals surface area contributed by atoms with Crippen molar-refractivity contribution in [2.45, 2.75) is 32.2 Å². The van der Waals surface area contributed by atoms with Crippen LogP contribution in [0.15, 0.2) is 40.8 Å². The summed E-state index contributed by atoms with van der Waals surface area (Å²) in [6.07, 6.45) is 1.36. The summed E-state index contributed by atoms with van der Waals surface area (Å²) in [5.74, 6) is -1.81. The number of carboxylic acid groups (broad SMARTS) is 1. The number of aliphatic carboxylic acids is 1. The number of nitrogen functional groups attached to an aromatic ring is 1. The highest BCUT2D eigenvalue weighted by Gasteiger charge is 2.36. The molecule has 9 heteroatoms. The Morgan fingerprint density at radius 2 is 1.97 bits per heavy atom. The zero-order chi connectivity index (χ0) is 21.8. The molecule has 30 heavy (non-hydrogen) atoms. The summed E-state index contributed by atoms with van der Waals surface area (Å²) >= 11 is 0. The van der Waals surface area contributed by atoms with Gasteiger partial charge in [0.05, 0.1) is 0 Å². The molecule has 9 nitrogen and oxygen atoms in total. The fourth-order valence-corrected chi connectivity index (χ4v) is 3.42. The van der Waals surface area contributed by atoms with E-state index in [2.05, 4.69) is 0 Å². The molecule has 1 aromatic carbocycles. The summed E-state index contributed by atoms with van der Waals surface area (Å²) in [4.78, 5) is 37.6. The molecule has 0 spiro atoms. The zero-order valence-corrected chi connectivity index (χ0v) is 16.5. The molecule has 1 aromatic heterocycles. The van der Waals surface area contributed by atoms with Crippen LogP contribution in [0.3, 0.4) is 0 Å². The second-order valence-corrected chi connectivity index (χ2v) is 7.23. The van der Waals surface area contributed by atoms with Gasteiger partial charge in [0.1, 0.15) is 23.4 Å². The average Bonchev–Trinajstić information content (AvgIpc) is 3.37. The number of benzene rings is 1. The van der Waals surface area contributed by atoms with Crippen molar-refractivity contribution in [1.29, 1.82) is 5.41 Å². The molecule has 0 aliphatic carbocycles. The third-order valence-electron chi connectivity index (χ3n) is 4.99. The first-order valence-electron chi connectivity index (χ1n) is 9.55. The summed E-state index contributed by atoms with van der Waals surface area (Å²) in [5, 5.41) is 16.6. The lowest BCUT2D eigenvalue weighted by atomic mass is 10.0. The maximum absolute atomic E-state index is 12.6. The van der Waals surface area contributed by atoms with Crippen LogP contribution < -0.4 is 10.5 Å². The summed E-state index contributed by atoms with van der Waals surface area (Å²) in [6, 6.07) is 8.45. The van der Waals surface area contributed by atoms with Crippen LogP contribution in [0.1, 0.15) is 41.6 Å². The molecule has 0 radical (unpaired) electrons. The lowest BCUT2D eigenvalue weighted by Crippen LogP contribution is -2.43. The maximum atomic E-state index is 12.6. The van der Waals surface area contributed by atoms with E-state index in [-0.39, 0.29) is 29.7 Å². The number of esters is 1. The van der Waals surface area contributed by atoms with Gasteiger partial charge in [-0.1, -0.05) is 6.92 Å². The predicted octanol–water partition coefficient (Wildman–Crippen LogP) is 2.04. The normalized spacial score (nSPS) is 16.8. The number of carbonyl (C=O) groups is 3. The molecule has 158 valence electrons. The number of nitrogens with one attached hydrogen (secondary N) is 1. The Bertz CT molecular complexity index is 965. The van der Waals surface area contributed by atoms with E-state index < -0.39 is 23.9 Å². The van der Waals surface area contributed by atoms with E-state index >= 15 is 0 Å². The number of rotatable bonds is 7. The van der Waals surface area contributed by atoms with E-state index in [0.29, 0.717) is 30.7 Å². The van der Waals surface area contributed by atoms with Crippen LogP contribution in [0, 0.1) is 11.3 Å². The van der Waals surface area contributed by atoms with Gasteiger partial charge in [0.2, 0.25) is 11.7 Å². The van der Waals surface area contributed by atoms with Gasteiger partial charge in [0.25, 0.3) is 0 Å². The lowest BCUT2D eigenvalue weighted by molar-refractivity contribution is -0.149. The highest BCUT2D eigenvalue weighted by molar-refractivity contribution is 5.95. The minimum atomic E-state index is -0.993. The number of carboxylic acids is 1. The van der Waals surface area contributed by atoms with Crippen LogP contribution in [0.5, 0.6) is 5.75 Å². The van der Waals surface area contributed by atoms with Crippen LogP contribution in [0.25, 0.3) is 0 Å². The van der Waals surface area contributed by atoms with Crippen molar-refractivity contribution in [3.05, 3.63) is 53.5 Å². The average molecular weight is 413 g/mol. The lowest BCUT2D eigenvalue weighted by Gasteiger charge is -2.24. The number of hydrogen-bond donors (Lipinski definition) is 3. The Balaban J connectivity index is 1.60. The Morgan fingerprint density at radius 1 is 1.27 bits per heavy atom. The van der Waals surface area contributed by atoms with Gasteiger partial charge in [-0.15, -0.1) is 0 Å². The number of amidine groups is 1. The standard InChI is InChI=1S/C21H23N3O6/c1-12(19(25)24-10-2-3-16(24)20(26)27)11-15-8-9-17(29-15)21(28)30-14-6-4-13(5-7-14)18(22)23/h4-9,12,16H,2-3,10-11H2,1H3,(H3,22,23)(H,26,27)/t12?,16-/m1/s1. The van der Waals surface area contributed by atoms with E-state index in [9.17, 15) is 19.5 Å². The molecule has 4 N–H and O–H groups in total.